The van der Waals surface area contributed by atoms with Crippen LogP contribution in [0.4, 0.5) is 13.2 Å². The molecule has 0 fully saturated rings. The Labute approximate surface area is 84.5 Å². The van der Waals surface area contributed by atoms with Crippen LogP contribution in [0.15, 0.2) is 24.3 Å². The average Bonchev–Trinajstić information content (AvgIpc) is 2.04. The zero-order valence-electron chi connectivity index (χ0n) is 7.31. The summed E-state index contributed by atoms with van der Waals surface area (Å²) in [6.45, 7) is 1.63. The van der Waals surface area contributed by atoms with E-state index in [-0.39, 0.29) is 5.75 Å². The number of hydrogen-bond acceptors (Lipinski definition) is 1. The van der Waals surface area contributed by atoms with E-state index in [1.54, 1.807) is 13.0 Å². The highest BCUT2D eigenvalue weighted by molar-refractivity contribution is 6.54. The maximum absolute atomic E-state index is 12.0. The minimum Gasteiger partial charge on any atom is -0.285 e. The molecule has 0 atom stereocenters. The molecule has 1 nitrogen and oxygen atoms in total. The van der Waals surface area contributed by atoms with Gasteiger partial charge < -0.3 is 0 Å². The lowest BCUT2D eigenvalue weighted by molar-refractivity contribution is -0.137. The second-order valence-electron chi connectivity index (χ2n) is 2.46. The Morgan fingerprint density at radius 3 is 2.14 bits per heavy atom. The van der Waals surface area contributed by atoms with Crippen LogP contribution in [0.3, 0.4) is 0 Å². The van der Waals surface area contributed by atoms with E-state index in [1.807, 2.05) is 0 Å². The topological polar surface area (TPSA) is 17.1 Å². The predicted molar refractivity (Wildman–Crippen MR) is 48.8 cm³/mol. The minimum absolute atomic E-state index is 0.222. The molecule has 0 N–H and O–H groups in total. The summed E-state index contributed by atoms with van der Waals surface area (Å²) in [6.07, 6.45) is -4.22. The Balaban J connectivity index is 0.000000500. The van der Waals surface area contributed by atoms with Gasteiger partial charge in [-0.1, -0.05) is 23.8 Å². The summed E-state index contributed by atoms with van der Waals surface area (Å²) in [7, 11) is 0. The van der Waals surface area contributed by atoms with Crippen molar-refractivity contribution in [2.75, 3.05) is 0 Å². The number of aryl methyl sites for hydroxylation is 1. The van der Waals surface area contributed by atoms with Crippen molar-refractivity contribution in [2.24, 2.45) is 0 Å². The molecule has 1 rings (SSSR count). The first-order valence-corrected chi connectivity index (χ1v) is 4.03. The molecule has 0 aliphatic carbocycles. The molecule has 0 aliphatic heterocycles. The van der Waals surface area contributed by atoms with Gasteiger partial charge >= 0.3 is 6.18 Å². The number of hydrogen-bond donors (Lipinski definition) is 0. The Kier molecular flexibility index (Phi) is 5.23. The molecule has 14 heavy (non-hydrogen) atoms. The molecule has 0 bridgehead atoms. The fraction of sp³-hybridized carbons (Fsp3) is 0.222. The summed E-state index contributed by atoms with van der Waals surface area (Å²) in [5.74, 6) is 0.222. The number of carbonyl (C=O) groups excluding carboxylic acids is 1. The maximum atomic E-state index is 12.0. The third-order valence-electron chi connectivity index (χ3n) is 1.35. The average molecular weight is 225 g/mol. The number of benzene rings is 1. The van der Waals surface area contributed by atoms with Gasteiger partial charge in [0.25, 0.3) is 0 Å². The molecule has 0 saturated heterocycles. The van der Waals surface area contributed by atoms with Crippen LogP contribution in [0.5, 0.6) is 0 Å². The summed E-state index contributed by atoms with van der Waals surface area (Å²) in [5.41, 5.74) is 0.0392. The minimum atomic E-state index is -4.22. The number of halogens is 4. The Morgan fingerprint density at radius 2 is 1.86 bits per heavy atom. The van der Waals surface area contributed by atoms with Crippen molar-refractivity contribution in [3.63, 3.8) is 0 Å². The van der Waals surface area contributed by atoms with E-state index in [9.17, 15) is 13.2 Å². The number of carbonyl (C=O) groups is 1. The van der Waals surface area contributed by atoms with E-state index < -0.39 is 11.7 Å². The third kappa shape index (κ3) is 4.87. The van der Waals surface area contributed by atoms with Crippen LogP contribution in [0.2, 0.25) is 0 Å². The van der Waals surface area contributed by atoms with E-state index in [1.165, 1.54) is 6.07 Å². The van der Waals surface area contributed by atoms with Crippen LogP contribution < -0.4 is 0 Å². The summed E-state index contributed by atoms with van der Waals surface area (Å²) < 4.78 is 35.9. The van der Waals surface area contributed by atoms with Gasteiger partial charge in [-0.15, -0.1) is 0 Å². The molecule has 0 aromatic heterocycles. The lowest BCUT2D eigenvalue weighted by Crippen LogP contribution is -2.04. The van der Waals surface area contributed by atoms with Gasteiger partial charge in [0.15, 0.2) is 0 Å². The number of alkyl halides is 3. The second-order valence-corrected chi connectivity index (χ2v) is 2.63. The van der Waals surface area contributed by atoms with Gasteiger partial charge in [0, 0.05) is 0 Å². The quantitative estimate of drug-likeness (QED) is 0.487. The Morgan fingerprint density at radius 1 is 1.36 bits per heavy atom. The molecule has 5 heteroatoms. The van der Waals surface area contributed by atoms with Gasteiger partial charge in [-0.3, -0.25) is 4.79 Å². The van der Waals surface area contributed by atoms with Crippen LogP contribution >= 0.6 is 11.6 Å². The summed E-state index contributed by atoms with van der Waals surface area (Å²) in [5, 5.41) is 0. The van der Waals surface area contributed by atoms with Gasteiger partial charge in [0.05, 0.1) is 5.56 Å². The highest BCUT2D eigenvalue weighted by Gasteiger charge is 2.29. The summed E-state index contributed by atoms with van der Waals surface area (Å²) in [4.78, 5) is 8.57. The van der Waals surface area contributed by atoms with Gasteiger partial charge in [0.2, 0.25) is 5.75 Å². The largest absolute Gasteiger partial charge is 0.416 e. The molecule has 1 aromatic carbocycles. The fourth-order valence-corrected chi connectivity index (χ4v) is 0.821. The first-order valence-electron chi connectivity index (χ1n) is 3.59. The van der Waals surface area contributed by atoms with Crippen molar-refractivity contribution in [1.82, 2.24) is 0 Å². The van der Waals surface area contributed by atoms with E-state index in [0.717, 1.165) is 12.1 Å². The second kappa shape index (κ2) is 5.65. The van der Waals surface area contributed by atoms with Crippen LogP contribution in [0.25, 0.3) is 0 Å². The fourth-order valence-electron chi connectivity index (χ4n) is 0.821. The predicted octanol–water partition coefficient (Wildman–Crippen LogP) is 3.43. The van der Waals surface area contributed by atoms with Crippen molar-refractivity contribution in [2.45, 2.75) is 13.1 Å². The molecule has 0 unspecified atom stereocenters. The maximum Gasteiger partial charge on any atom is 0.416 e. The molecule has 0 saturated carbocycles. The molecule has 78 valence electrons. The molecule has 1 aromatic rings. The van der Waals surface area contributed by atoms with Crippen LogP contribution in [0, 0.1) is 6.92 Å². The summed E-state index contributed by atoms with van der Waals surface area (Å²) in [6, 6.07) is 5.22. The van der Waals surface area contributed by atoms with E-state index in [4.69, 9.17) is 4.79 Å². The highest BCUT2D eigenvalue weighted by atomic mass is 35.5. The smallest absolute Gasteiger partial charge is 0.285 e. The van der Waals surface area contributed by atoms with Crippen LogP contribution in [-0.4, -0.2) is 5.75 Å². The molecule has 0 amide bonds. The third-order valence-corrected chi connectivity index (χ3v) is 1.35. The lowest BCUT2D eigenvalue weighted by Gasteiger charge is -2.05. The van der Waals surface area contributed by atoms with Crippen molar-refractivity contribution < 1.29 is 18.0 Å². The van der Waals surface area contributed by atoms with Crippen molar-refractivity contribution in [3.8, 4) is 0 Å². The zero-order chi connectivity index (χ0) is 11.2. The normalized spacial score (nSPS) is 10.1. The first-order chi connectivity index (χ1) is 6.41. The first kappa shape index (κ1) is 13.0. The van der Waals surface area contributed by atoms with E-state index >= 15 is 0 Å². The van der Waals surface area contributed by atoms with Crippen molar-refractivity contribution in [3.05, 3.63) is 35.4 Å². The van der Waals surface area contributed by atoms with E-state index in [0.29, 0.717) is 5.56 Å². The monoisotopic (exact) mass is 224 g/mol. The Hall–Kier alpha value is -1.03. The number of rotatable bonds is 0. The molecule has 0 spiro atoms. The molecule has 0 heterocycles. The Bertz CT molecular complexity index is 296. The van der Waals surface area contributed by atoms with Crippen LogP contribution in [-0.2, 0) is 11.0 Å². The highest BCUT2D eigenvalue weighted by Crippen LogP contribution is 2.29. The molecular formula is C9H8ClF3O. The van der Waals surface area contributed by atoms with Gasteiger partial charge in [-0.2, -0.15) is 13.2 Å². The van der Waals surface area contributed by atoms with Gasteiger partial charge in [-0.05, 0) is 24.6 Å². The standard InChI is InChI=1S/C8H7F3.CHClO/c1-6-3-2-4-7(5-6)8(9,10)11;2-1-3/h2-5H,1H3;1H. The molecule has 0 radical (unpaired) electrons. The molecular weight excluding hydrogens is 217 g/mol. The molecule has 0 aliphatic rings. The van der Waals surface area contributed by atoms with Crippen molar-refractivity contribution in [1.29, 1.82) is 0 Å². The van der Waals surface area contributed by atoms with Gasteiger partial charge in [-0.25, -0.2) is 0 Å². The van der Waals surface area contributed by atoms with Crippen LogP contribution in [0.1, 0.15) is 11.1 Å². The van der Waals surface area contributed by atoms with Gasteiger partial charge in [0.1, 0.15) is 0 Å². The zero-order valence-corrected chi connectivity index (χ0v) is 8.06. The van der Waals surface area contributed by atoms with E-state index in [2.05, 4.69) is 11.6 Å². The van der Waals surface area contributed by atoms with Crippen molar-refractivity contribution >= 4 is 17.3 Å². The summed E-state index contributed by atoms with van der Waals surface area (Å²) >= 11 is 4.32. The SMILES string of the molecule is Cc1cccc(C(F)(F)F)c1.O=CCl. The lowest BCUT2D eigenvalue weighted by atomic mass is 10.1.